The van der Waals surface area contributed by atoms with Crippen LogP contribution in [0.3, 0.4) is 0 Å². The van der Waals surface area contributed by atoms with Gasteiger partial charge >= 0.3 is 5.97 Å². The summed E-state index contributed by atoms with van der Waals surface area (Å²) in [4.78, 5) is 21.7. The molecule has 0 bridgehead atoms. The molecule has 6 heteroatoms. The zero-order valence-corrected chi connectivity index (χ0v) is 10.1. The molecule has 0 aromatic heterocycles. The van der Waals surface area contributed by atoms with Crippen LogP contribution in [0.4, 0.5) is 5.69 Å². The van der Waals surface area contributed by atoms with Crippen LogP contribution in [-0.4, -0.2) is 32.7 Å². The van der Waals surface area contributed by atoms with Crippen LogP contribution < -0.4 is 5.32 Å². The summed E-state index contributed by atoms with van der Waals surface area (Å²) in [7, 11) is -1.67. The third-order valence-corrected chi connectivity index (χ3v) is 3.06. The predicted molar refractivity (Wildman–Crippen MR) is 65.3 cm³/mol. The van der Waals surface area contributed by atoms with Gasteiger partial charge in [0.05, 0.1) is 0 Å². The molecule has 0 heterocycles. The van der Waals surface area contributed by atoms with Crippen molar-refractivity contribution in [2.75, 3.05) is 16.8 Å². The molecule has 5 nitrogen and oxygen atoms in total. The first-order chi connectivity index (χ1) is 7.97. The number of carbonyl (C=O) groups excluding carboxylic acids is 1. The summed E-state index contributed by atoms with van der Waals surface area (Å²) in [6.45, 7) is 1.92. The second kappa shape index (κ2) is 6.15. The monoisotopic (exact) mass is 255 g/mol. The Hall–Kier alpha value is -1.69. The van der Waals surface area contributed by atoms with Crippen molar-refractivity contribution in [3.05, 3.63) is 29.8 Å². The molecule has 0 unspecified atom stereocenters. The van der Waals surface area contributed by atoms with Gasteiger partial charge in [-0.1, -0.05) is 17.7 Å². The van der Waals surface area contributed by atoms with Crippen LogP contribution in [0.5, 0.6) is 0 Å². The summed E-state index contributed by atoms with van der Waals surface area (Å²) < 4.78 is 11.2. The Kier molecular flexibility index (Phi) is 4.84. The van der Waals surface area contributed by atoms with Crippen molar-refractivity contribution in [1.29, 1.82) is 0 Å². The largest absolute Gasteiger partial charge is 0.481 e. The molecule has 17 heavy (non-hydrogen) atoms. The minimum atomic E-state index is -1.67. The number of amides is 1. The van der Waals surface area contributed by atoms with Crippen LogP contribution in [0.15, 0.2) is 24.3 Å². The van der Waals surface area contributed by atoms with Crippen molar-refractivity contribution in [2.45, 2.75) is 6.92 Å². The molecule has 0 spiro atoms. The van der Waals surface area contributed by atoms with Crippen LogP contribution in [0.25, 0.3) is 0 Å². The number of benzene rings is 1. The van der Waals surface area contributed by atoms with Gasteiger partial charge in [-0.15, -0.1) is 0 Å². The molecule has 0 aliphatic carbocycles. The molecule has 1 atom stereocenters. The summed E-state index contributed by atoms with van der Waals surface area (Å²) in [6, 6.07) is 7.13. The van der Waals surface area contributed by atoms with Crippen molar-refractivity contribution in [3.63, 3.8) is 0 Å². The lowest BCUT2D eigenvalue weighted by Crippen LogP contribution is -2.23. The molecule has 92 valence electrons. The Bertz CT molecular complexity index is 441. The first-order valence-corrected chi connectivity index (χ1v) is 6.39. The van der Waals surface area contributed by atoms with E-state index < -0.39 is 28.4 Å². The molecule has 1 amide bonds. The van der Waals surface area contributed by atoms with Gasteiger partial charge in [-0.05, 0) is 19.1 Å². The van der Waals surface area contributed by atoms with E-state index in [0.29, 0.717) is 5.69 Å². The SMILES string of the molecule is Cc1ccc(NC(=O)C[S@@](=O)CC(=O)O)cc1. The van der Waals surface area contributed by atoms with Gasteiger partial charge in [0.25, 0.3) is 0 Å². The van der Waals surface area contributed by atoms with Crippen molar-refractivity contribution in [1.82, 2.24) is 0 Å². The summed E-state index contributed by atoms with van der Waals surface area (Å²) in [6.07, 6.45) is 0. The average Bonchev–Trinajstić information content (AvgIpc) is 2.19. The number of rotatable bonds is 5. The van der Waals surface area contributed by atoms with E-state index in [1.54, 1.807) is 12.1 Å². The highest BCUT2D eigenvalue weighted by molar-refractivity contribution is 7.86. The molecule has 1 rings (SSSR count). The maximum atomic E-state index is 11.4. The van der Waals surface area contributed by atoms with E-state index in [1.165, 1.54) is 0 Å². The maximum Gasteiger partial charge on any atom is 0.316 e. The zero-order valence-electron chi connectivity index (χ0n) is 9.30. The zero-order chi connectivity index (χ0) is 12.8. The fourth-order valence-electron chi connectivity index (χ4n) is 1.17. The highest BCUT2D eigenvalue weighted by Gasteiger charge is 2.11. The Labute approximate surface area is 101 Å². The van der Waals surface area contributed by atoms with Crippen LogP contribution in [0.2, 0.25) is 0 Å². The first-order valence-electron chi connectivity index (χ1n) is 4.90. The number of hydrogen-bond donors (Lipinski definition) is 2. The van der Waals surface area contributed by atoms with Crippen molar-refractivity contribution >= 4 is 28.4 Å². The van der Waals surface area contributed by atoms with E-state index in [-0.39, 0.29) is 5.75 Å². The Morgan fingerprint density at radius 1 is 1.24 bits per heavy atom. The third-order valence-electron chi connectivity index (χ3n) is 1.91. The number of anilines is 1. The lowest BCUT2D eigenvalue weighted by Gasteiger charge is -2.04. The number of carboxylic acids is 1. The lowest BCUT2D eigenvalue weighted by molar-refractivity contribution is -0.133. The molecule has 1 aromatic rings. The summed E-state index contributed by atoms with van der Waals surface area (Å²) in [5.74, 6) is -2.44. The van der Waals surface area contributed by atoms with Crippen LogP contribution >= 0.6 is 0 Å². The van der Waals surface area contributed by atoms with E-state index in [0.717, 1.165) is 5.56 Å². The molecular formula is C11H13NO4S. The molecule has 2 N–H and O–H groups in total. The Morgan fingerprint density at radius 3 is 2.35 bits per heavy atom. The lowest BCUT2D eigenvalue weighted by atomic mass is 10.2. The molecule has 0 aliphatic heterocycles. The fourth-order valence-corrected chi connectivity index (χ4v) is 1.91. The van der Waals surface area contributed by atoms with Crippen LogP contribution in [-0.2, 0) is 20.4 Å². The Balaban J connectivity index is 2.47. The fraction of sp³-hybridized carbons (Fsp3) is 0.273. The van der Waals surface area contributed by atoms with Crippen molar-refractivity contribution in [3.8, 4) is 0 Å². The number of hydrogen-bond acceptors (Lipinski definition) is 3. The minimum absolute atomic E-state index is 0.305. The molecular weight excluding hydrogens is 242 g/mol. The van der Waals surface area contributed by atoms with Gasteiger partial charge in [0.1, 0.15) is 11.5 Å². The standard InChI is InChI=1S/C11H13NO4S/c1-8-2-4-9(5-3-8)12-10(13)6-17(16)7-11(14)15/h2-5H,6-7H2,1H3,(H,12,13)(H,14,15)/t17-/m1/s1. The topological polar surface area (TPSA) is 83.5 Å². The molecule has 0 fully saturated rings. The molecule has 0 radical (unpaired) electrons. The van der Waals surface area contributed by atoms with E-state index in [2.05, 4.69) is 5.32 Å². The normalized spacial score (nSPS) is 11.8. The number of aliphatic carboxylic acids is 1. The van der Waals surface area contributed by atoms with E-state index in [9.17, 15) is 13.8 Å². The third kappa shape index (κ3) is 5.26. The van der Waals surface area contributed by atoms with Crippen LogP contribution in [0.1, 0.15) is 5.56 Å². The van der Waals surface area contributed by atoms with E-state index >= 15 is 0 Å². The number of aryl methyl sites for hydroxylation is 1. The average molecular weight is 255 g/mol. The van der Waals surface area contributed by atoms with Gasteiger partial charge in [0, 0.05) is 16.5 Å². The smallest absolute Gasteiger partial charge is 0.316 e. The Morgan fingerprint density at radius 2 is 1.82 bits per heavy atom. The summed E-state index contributed by atoms with van der Waals surface area (Å²) >= 11 is 0. The van der Waals surface area contributed by atoms with Crippen molar-refractivity contribution < 1.29 is 18.9 Å². The first kappa shape index (κ1) is 13.4. The van der Waals surface area contributed by atoms with Gasteiger partial charge in [-0.3, -0.25) is 13.8 Å². The van der Waals surface area contributed by atoms with Crippen LogP contribution in [0, 0.1) is 6.92 Å². The summed E-state index contributed by atoms with van der Waals surface area (Å²) in [5, 5.41) is 10.9. The quantitative estimate of drug-likeness (QED) is 0.814. The van der Waals surface area contributed by atoms with Gasteiger partial charge in [0.15, 0.2) is 0 Å². The van der Waals surface area contributed by atoms with Gasteiger partial charge in [0.2, 0.25) is 5.91 Å². The molecule has 0 saturated carbocycles. The van der Waals surface area contributed by atoms with Gasteiger partial charge in [-0.2, -0.15) is 0 Å². The van der Waals surface area contributed by atoms with Gasteiger partial charge < -0.3 is 10.4 Å². The highest BCUT2D eigenvalue weighted by atomic mass is 32.2. The van der Waals surface area contributed by atoms with Crippen molar-refractivity contribution in [2.24, 2.45) is 0 Å². The number of carboxylic acid groups (broad SMARTS) is 1. The molecule has 1 aromatic carbocycles. The summed E-state index contributed by atoms with van der Waals surface area (Å²) in [5.41, 5.74) is 1.67. The van der Waals surface area contributed by atoms with E-state index in [1.807, 2.05) is 19.1 Å². The van der Waals surface area contributed by atoms with Gasteiger partial charge in [-0.25, -0.2) is 0 Å². The number of carbonyl (C=O) groups is 2. The second-order valence-electron chi connectivity index (χ2n) is 3.54. The molecule has 0 aliphatic rings. The van der Waals surface area contributed by atoms with E-state index in [4.69, 9.17) is 5.11 Å². The molecule has 0 saturated heterocycles. The predicted octanol–water partition coefficient (Wildman–Crippen LogP) is 0.767. The highest BCUT2D eigenvalue weighted by Crippen LogP contribution is 2.08. The number of nitrogens with one attached hydrogen (secondary N) is 1. The second-order valence-corrected chi connectivity index (χ2v) is 4.99. The maximum absolute atomic E-state index is 11.4. The minimum Gasteiger partial charge on any atom is -0.481 e.